The van der Waals surface area contributed by atoms with Crippen LogP contribution in [0.3, 0.4) is 0 Å². The van der Waals surface area contributed by atoms with E-state index in [0.29, 0.717) is 24.8 Å². The van der Waals surface area contributed by atoms with Crippen LogP contribution in [0.4, 0.5) is 25.1 Å². The summed E-state index contributed by atoms with van der Waals surface area (Å²) in [7, 11) is -5.08. The van der Waals surface area contributed by atoms with Gasteiger partial charge in [-0.2, -0.15) is 0 Å². The van der Waals surface area contributed by atoms with Gasteiger partial charge in [0.25, 0.3) is 10.0 Å². The van der Waals surface area contributed by atoms with Crippen LogP contribution in [0.5, 0.6) is 0 Å². The first kappa shape index (κ1) is 30.1. The van der Waals surface area contributed by atoms with E-state index >= 15 is 8.78 Å². The molecule has 0 atom stereocenters. The topological polar surface area (TPSA) is 101 Å². The molecule has 1 fully saturated rings. The van der Waals surface area contributed by atoms with Gasteiger partial charge in [-0.1, -0.05) is 23.7 Å². The Morgan fingerprint density at radius 3 is 2.50 bits per heavy atom. The highest BCUT2D eigenvalue weighted by Crippen LogP contribution is 2.31. The monoisotopic (exact) mass is 614 g/mol. The number of aromatic nitrogens is 1. The molecule has 40 heavy (non-hydrogen) atoms. The van der Waals surface area contributed by atoms with Gasteiger partial charge in [0.2, 0.25) is 0 Å². The lowest BCUT2D eigenvalue weighted by Crippen LogP contribution is -2.41. The van der Waals surface area contributed by atoms with Crippen molar-refractivity contribution in [2.24, 2.45) is 0 Å². The summed E-state index contributed by atoms with van der Waals surface area (Å²) < 4.78 is 68.2. The minimum absolute atomic E-state index is 0.0105. The lowest BCUT2D eigenvalue weighted by Gasteiger charge is -2.27. The number of thiazole rings is 1. The van der Waals surface area contributed by atoms with Crippen molar-refractivity contribution in [1.29, 1.82) is 0 Å². The van der Waals surface area contributed by atoms with Gasteiger partial charge in [-0.15, -0.1) is 15.6 Å². The summed E-state index contributed by atoms with van der Waals surface area (Å²) >= 11 is 7.46. The number of morpholine rings is 1. The maximum Gasteiger partial charge on any atom is 0.430 e. The third-order valence-electron chi connectivity index (χ3n) is 5.87. The summed E-state index contributed by atoms with van der Waals surface area (Å²) in [4.78, 5) is 17.6. The maximum atomic E-state index is 15.3. The van der Waals surface area contributed by atoms with E-state index < -0.39 is 38.2 Å². The fourth-order valence-electron chi connectivity index (χ4n) is 4.06. The molecule has 0 saturated carbocycles. The van der Waals surface area contributed by atoms with Crippen LogP contribution in [0.15, 0.2) is 46.1 Å². The Morgan fingerprint density at radius 2 is 1.90 bits per heavy atom. The van der Waals surface area contributed by atoms with Gasteiger partial charge in [-0.3, -0.25) is 4.90 Å². The second-order valence-electron chi connectivity index (χ2n) is 9.99. The lowest BCUT2D eigenvalue weighted by atomic mass is 10.1. The van der Waals surface area contributed by atoms with Gasteiger partial charge in [-0.25, -0.2) is 27.0 Å². The molecule has 9 nitrogen and oxygen atoms in total. The van der Waals surface area contributed by atoms with E-state index in [-0.39, 0.29) is 22.4 Å². The standard InChI is InChI=1S/C26H29ClF2N4O5S2/c1-26(2,3)38-25(34)33(23-15-39-16-31-23)40(35,36)24-21(28)11-18(12-22(24)29)30-13-19-17(5-4-6-20(19)27)14-32-7-9-37-10-8-32/h4-6,11-12,15-16,30H,7-10,13-14H2,1-3H3. The number of nitrogens with one attached hydrogen (secondary N) is 1. The van der Waals surface area contributed by atoms with Gasteiger partial charge in [0.1, 0.15) is 17.2 Å². The first-order valence-corrected chi connectivity index (χ1v) is 15.1. The van der Waals surface area contributed by atoms with E-state index in [2.05, 4.69) is 15.2 Å². The normalized spacial score (nSPS) is 14.7. The summed E-state index contributed by atoms with van der Waals surface area (Å²) in [5.74, 6) is -3.12. The number of anilines is 2. The molecule has 216 valence electrons. The largest absolute Gasteiger partial charge is 0.443 e. The highest BCUT2D eigenvalue weighted by atomic mass is 35.5. The third kappa shape index (κ3) is 7.07. The zero-order valence-corrected chi connectivity index (χ0v) is 24.5. The number of nitrogens with zero attached hydrogens (tertiary/aromatic N) is 3. The van der Waals surface area contributed by atoms with E-state index in [9.17, 15) is 13.2 Å². The molecule has 1 aliphatic rings. The van der Waals surface area contributed by atoms with Crippen molar-refractivity contribution in [3.8, 4) is 0 Å². The van der Waals surface area contributed by atoms with Crippen LogP contribution >= 0.6 is 22.9 Å². The number of sulfonamides is 1. The quantitative estimate of drug-likeness (QED) is 0.347. The van der Waals surface area contributed by atoms with E-state index in [0.717, 1.165) is 47.7 Å². The molecule has 1 aromatic heterocycles. The molecule has 14 heteroatoms. The molecule has 0 spiro atoms. The SMILES string of the molecule is CC(C)(C)OC(=O)N(c1cscn1)S(=O)(=O)c1c(F)cc(NCc2c(Cl)cccc2CN2CCOCC2)cc1F. The highest BCUT2D eigenvalue weighted by Gasteiger charge is 2.39. The van der Waals surface area contributed by atoms with Crippen LogP contribution in [0.2, 0.25) is 5.02 Å². The number of carbonyl (C=O) groups excluding carboxylic acids is 1. The van der Waals surface area contributed by atoms with Crippen molar-refractivity contribution in [2.75, 3.05) is 35.9 Å². The Balaban J connectivity index is 1.60. The Labute approximate surface area is 240 Å². The minimum Gasteiger partial charge on any atom is -0.443 e. The lowest BCUT2D eigenvalue weighted by molar-refractivity contribution is 0.0341. The summed E-state index contributed by atoms with van der Waals surface area (Å²) in [5.41, 5.74) is 1.88. The van der Waals surface area contributed by atoms with E-state index in [1.165, 1.54) is 31.7 Å². The molecule has 0 aliphatic carbocycles. The molecule has 0 unspecified atom stereocenters. The average Bonchev–Trinajstić information content (AvgIpc) is 3.36. The van der Waals surface area contributed by atoms with Gasteiger partial charge in [0.15, 0.2) is 10.7 Å². The fourth-order valence-corrected chi connectivity index (χ4v) is 6.28. The summed E-state index contributed by atoms with van der Waals surface area (Å²) in [5, 5.41) is 4.67. The van der Waals surface area contributed by atoms with Gasteiger partial charge in [0.05, 0.1) is 18.7 Å². The molecule has 2 heterocycles. The number of amides is 1. The fraction of sp³-hybridized carbons (Fsp3) is 0.385. The molecule has 3 aromatic rings. The molecule has 0 bridgehead atoms. The Morgan fingerprint density at radius 1 is 1.23 bits per heavy atom. The maximum absolute atomic E-state index is 15.3. The zero-order chi connectivity index (χ0) is 29.1. The number of halogens is 3. The van der Waals surface area contributed by atoms with Crippen molar-refractivity contribution >= 4 is 50.6 Å². The van der Waals surface area contributed by atoms with Crippen LogP contribution in [-0.2, 0) is 32.6 Å². The van der Waals surface area contributed by atoms with Crippen molar-refractivity contribution in [3.63, 3.8) is 0 Å². The second-order valence-corrected chi connectivity index (χ2v) is 12.8. The molecule has 1 saturated heterocycles. The average molecular weight is 615 g/mol. The van der Waals surface area contributed by atoms with Gasteiger partial charge in [0, 0.05) is 42.3 Å². The third-order valence-corrected chi connectivity index (χ3v) is 8.52. The first-order valence-electron chi connectivity index (χ1n) is 12.3. The zero-order valence-electron chi connectivity index (χ0n) is 22.1. The van der Waals surface area contributed by atoms with Gasteiger partial charge in [-0.05, 0) is 50.1 Å². The Kier molecular flexibility index (Phi) is 9.30. The predicted octanol–water partition coefficient (Wildman–Crippen LogP) is 5.65. The van der Waals surface area contributed by atoms with E-state index in [4.69, 9.17) is 21.1 Å². The smallest absolute Gasteiger partial charge is 0.430 e. The molecule has 0 radical (unpaired) electrons. The summed E-state index contributed by atoms with van der Waals surface area (Å²) in [6.45, 7) is 8.16. The molecular weight excluding hydrogens is 586 g/mol. The molecule has 2 aromatic carbocycles. The number of carbonyl (C=O) groups is 1. The predicted molar refractivity (Wildman–Crippen MR) is 149 cm³/mol. The molecule has 1 N–H and O–H groups in total. The number of rotatable bonds is 8. The number of hydrogen-bond acceptors (Lipinski definition) is 9. The minimum atomic E-state index is -5.08. The van der Waals surface area contributed by atoms with Crippen molar-refractivity contribution < 1.29 is 31.5 Å². The number of ether oxygens (including phenoxy) is 2. The van der Waals surface area contributed by atoms with E-state index in [1.54, 1.807) is 6.07 Å². The van der Waals surface area contributed by atoms with Crippen LogP contribution in [0.25, 0.3) is 0 Å². The van der Waals surface area contributed by atoms with E-state index in [1.807, 2.05) is 12.1 Å². The highest BCUT2D eigenvalue weighted by molar-refractivity contribution is 7.93. The number of hydrogen-bond donors (Lipinski definition) is 1. The van der Waals surface area contributed by atoms with Crippen molar-refractivity contribution in [3.05, 3.63) is 69.0 Å². The Bertz CT molecular complexity index is 1440. The van der Waals surface area contributed by atoms with Gasteiger partial charge < -0.3 is 14.8 Å². The Hall–Kier alpha value is -2.84. The van der Waals surface area contributed by atoms with Crippen LogP contribution in [0.1, 0.15) is 31.9 Å². The molecule has 4 rings (SSSR count). The second kappa shape index (κ2) is 12.4. The number of benzene rings is 2. The molecule has 1 amide bonds. The van der Waals surface area contributed by atoms with Crippen LogP contribution in [-0.4, -0.2) is 56.3 Å². The summed E-state index contributed by atoms with van der Waals surface area (Å²) in [6.07, 6.45) is -1.34. The first-order chi connectivity index (χ1) is 18.9. The van der Waals surface area contributed by atoms with Crippen LogP contribution in [0, 0.1) is 11.6 Å². The van der Waals surface area contributed by atoms with Gasteiger partial charge >= 0.3 is 6.09 Å². The molecule has 1 aliphatic heterocycles. The summed E-state index contributed by atoms with van der Waals surface area (Å²) in [6, 6.07) is 7.19. The van der Waals surface area contributed by atoms with Crippen LogP contribution < -0.4 is 9.62 Å². The van der Waals surface area contributed by atoms with Crippen molar-refractivity contribution in [2.45, 2.75) is 44.4 Å². The molecular formula is C26H29ClF2N4O5S2. The van der Waals surface area contributed by atoms with Crippen molar-refractivity contribution in [1.82, 2.24) is 9.88 Å².